The number of aliphatic hydroxyl groups is 2. The molecular formula is C33H31BN7O8PS4. The molecule has 8 heterocycles. The van der Waals surface area contributed by atoms with Crippen molar-refractivity contribution in [2.75, 3.05) is 0 Å². The zero-order chi connectivity index (χ0) is 38.7. The lowest BCUT2D eigenvalue weighted by Gasteiger charge is -2.47. The van der Waals surface area contributed by atoms with E-state index in [-0.39, 0.29) is 55.7 Å². The molecule has 8 rings (SSSR count). The molecule has 4 aliphatic rings. The first-order chi connectivity index (χ1) is 25.7. The Morgan fingerprint density at radius 3 is 2.04 bits per heavy atom. The molecule has 2 fully saturated rings. The van der Waals surface area contributed by atoms with Gasteiger partial charge in [-0.15, -0.1) is 22.7 Å². The number of hydrogen-bond acceptors (Lipinski definition) is 16. The molecule has 8 atom stereocenters. The van der Waals surface area contributed by atoms with E-state index in [4.69, 9.17) is 12.5 Å². The molecule has 0 spiro atoms. The van der Waals surface area contributed by atoms with E-state index in [1.807, 2.05) is 50.0 Å². The smallest absolute Gasteiger partial charge is 0.365 e. The number of β-lactam (4-membered cyclic amide) rings is 2. The normalized spacial score (nSPS) is 25.8. The zero-order valence-corrected chi connectivity index (χ0v) is 33.4. The standard InChI is InChI=1S/C17H17N3O4S2.C16H14BN4O4PS2/c1-7-12-11(8(2)21)15(22)20(12)13(16(23)24)14(7)26-17-18-9-6-19(3)5-4-10(9)25-17;1-6-11-10(7(2)22)14(23)21(11)12(15(24)25-26-20-17)13(6)28-16-19-8-5-18-4-3-9(8)27-16/h4-8,11-12,21H,1-3H3;3-7,10-11,22H,1-2H3/t7-,8-,11-,12-;6-,7-,10-,11-/m11/s1. The van der Waals surface area contributed by atoms with E-state index < -0.39 is 36.0 Å². The summed E-state index contributed by atoms with van der Waals surface area (Å²) >= 11 is 5.57. The number of amides is 2. The highest BCUT2D eigenvalue weighted by atomic mass is 32.2. The molecule has 4 aliphatic heterocycles. The van der Waals surface area contributed by atoms with Crippen LogP contribution in [0.15, 0.2) is 71.5 Å². The van der Waals surface area contributed by atoms with Crippen LogP contribution in [0, 0.1) is 23.7 Å². The maximum atomic E-state index is 12.6. The Hall–Kier alpha value is -3.78. The number of carboxylic acids is 1. The number of carbonyl (C=O) groups is 4. The van der Waals surface area contributed by atoms with Crippen molar-refractivity contribution in [3.8, 4) is 0 Å². The number of nitrogens with zero attached hydrogens (tertiary/aromatic N) is 7. The van der Waals surface area contributed by atoms with Gasteiger partial charge in [0.2, 0.25) is 20.4 Å². The minimum Gasteiger partial charge on any atom is -0.543 e. The van der Waals surface area contributed by atoms with Crippen LogP contribution < -0.4 is 9.67 Å². The van der Waals surface area contributed by atoms with Crippen LogP contribution in [0.25, 0.3) is 20.4 Å². The second kappa shape index (κ2) is 15.0. The molecule has 278 valence electrons. The Labute approximate surface area is 327 Å². The van der Waals surface area contributed by atoms with Crippen molar-refractivity contribution in [3.05, 3.63) is 58.1 Å². The highest BCUT2D eigenvalue weighted by Crippen LogP contribution is 2.54. The summed E-state index contributed by atoms with van der Waals surface area (Å²) in [6.45, 7) is 6.96. The number of thiazole rings is 2. The predicted octanol–water partition coefficient (Wildman–Crippen LogP) is 2.56. The van der Waals surface area contributed by atoms with E-state index >= 15 is 0 Å². The SMILES string of the molecule is C[C@@H](O)[C@H]1C(=O)N2C(C(=O)[O-])=C(Sc3nc4c[n+](C)ccc4s3)[C@H](C)[C@H]12.[B]N=POC(=O)C1=C(Sc2nc3cnccc3s2)[C@H](C)[C@@H]2[C@@H]([C@@H](C)O)C(=O)N12. The van der Waals surface area contributed by atoms with Crippen molar-refractivity contribution >= 4 is 107 Å². The van der Waals surface area contributed by atoms with Crippen molar-refractivity contribution < 1.29 is 43.6 Å². The van der Waals surface area contributed by atoms with Crippen molar-refractivity contribution in [1.82, 2.24) is 24.8 Å². The van der Waals surface area contributed by atoms with Gasteiger partial charge >= 0.3 is 5.97 Å². The van der Waals surface area contributed by atoms with Crippen LogP contribution in [0.1, 0.15) is 27.7 Å². The summed E-state index contributed by atoms with van der Waals surface area (Å²) in [5, 5.41) is 31.6. The maximum Gasteiger partial charge on any atom is 0.365 e. The summed E-state index contributed by atoms with van der Waals surface area (Å²) in [4.78, 5) is 66.4. The maximum absolute atomic E-state index is 12.6. The monoisotopic (exact) mass is 823 g/mol. The van der Waals surface area contributed by atoms with Gasteiger partial charge in [-0.05, 0) is 19.9 Å². The highest BCUT2D eigenvalue weighted by molar-refractivity contribution is 8.05. The van der Waals surface area contributed by atoms with Gasteiger partial charge < -0.3 is 39.1 Å². The lowest BCUT2D eigenvalue weighted by atomic mass is 9.79. The van der Waals surface area contributed by atoms with E-state index in [2.05, 4.69) is 19.6 Å². The van der Waals surface area contributed by atoms with Crippen LogP contribution >= 0.6 is 54.8 Å². The van der Waals surface area contributed by atoms with Gasteiger partial charge in [0.25, 0.3) is 7.98 Å². The van der Waals surface area contributed by atoms with Crippen LogP contribution in [-0.4, -0.2) is 91.0 Å². The molecule has 0 saturated carbocycles. The number of carbonyl (C=O) groups excluding carboxylic acids is 4. The second-order valence-corrected chi connectivity index (χ2v) is 18.4. The van der Waals surface area contributed by atoms with Gasteiger partial charge in [-0.3, -0.25) is 14.6 Å². The summed E-state index contributed by atoms with van der Waals surface area (Å²) in [5.74, 6) is -4.17. The number of fused-ring (bicyclic) bond motifs is 4. The average molecular weight is 824 g/mol. The number of thioether (sulfide) groups is 2. The number of pyridine rings is 2. The van der Waals surface area contributed by atoms with Gasteiger partial charge in [0.1, 0.15) is 23.8 Å². The van der Waals surface area contributed by atoms with Crippen LogP contribution in [0.4, 0.5) is 0 Å². The third-order valence-electron chi connectivity index (χ3n) is 9.79. The third-order valence-corrected chi connectivity index (χ3v) is 14.9. The van der Waals surface area contributed by atoms with E-state index in [9.17, 15) is 34.5 Å². The number of rotatable bonds is 9. The molecular weight excluding hydrogens is 792 g/mol. The molecule has 2 amide bonds. The van der Waals surface area contributed by atoms with Gasteiger partial charge in [-0.2, -0.15) is 0 Å². The molecule has 0 aliphatic carbocycles. The van der Waals surface area contributed by atoms with Crippen LogP contribution in [0.5, 0.6) is 0 Å². The van der Waals surface area contributed by atoms with Crippen molar-refractivity contribution in [1.29, 1.82) is 0 Å². The van der Waals surface area contributed by atoms with E-state index in [1.54, 1.807) is 26.2 Å². The summed E-state index contributed by atoms with van der Waals surface area (Å²) < 4.78 is 13.6. The summed E-state index contributed by atoms with van der Waals surface area (Å²) in [5.41, 5.74) is 1.70. The van der Waals surface area contributed by atoms with E-state index in [1.165, 1.54) is 56.0 Å². The Balaban J connectivity index is 0.000000167. The van der Waals surface area contributed by atoms with Crippen LogP contribution in [0.2, 0.25) is 0 Å². The Morgan fingerprint density at radius 2 is 1.50 bits per heavy atom. The number of carboxylic acid groups (broad SMARTS) is 1. The largest absolute Gasteiger partial charge is 0.543 e. The van der Waals surface area contributed by atoms with Crippen molar-refractivity contribution in [3.63, 3.8) is 0 Å². The fourth-order valence-electron chi connectivity index (χ4n) is 7.39. The van der Waals surface area contributed by atoms with Gasteiger partial charge in [0, 0.05) is 33.9 Å². The molecule has 0 aromatic carbocycles. The number of aliphatic carboxylic acids is 1. The third kappa shape index (κ3) is 6.54. The van der Waals surface area contributed by atoms with E-state index in [0.29, 0.717) is 9.81 Å². The Morgan fingerprint density at radius 1 is 0.963 bits per heavy atom. The first-order valence-corrected chi connectivity index (χ1v) is 20.6. The minimum atomic E-state index is -1.37. The molecule has 4 aromatic rings. The summed E-state index contributed by atoms with van der Waals surface area (Å²) in [7, 11) is 6.92. The predicted molar refractivity (Wildman–Crippen MR) is 200 cm³/mol. The summed E-state index contributed by atoms with van der Waals surface area (Å²) in [6.07, 6.45) is 5.59. The zero-order valence-electron chi connectivity index (χ0n) is 29.2. The molecule has 21 heteroatoms. The van der Waals surface area contributed by atoms with Gasteiger partial charge in [0.15, 0.2) is 21.1 Å². The molecule has 0 bridgehead atoms. The Kier molecular flexibility index (Phi) is 10.7. The van der Waals surface area contributed by atoms with Crippen LogP contribution in [-0.2, 0) is 30.7 Å². The Bertz CT molecular complexity index is 2280. The van der Waals surface area contributed by atoms with Gasteiger partial charge in [-0.25, -0.2) is 19.3 Å². The quantitative estimate of drug-likeness (QED) is 0.108. The van der Waals surface area contributed by atoms with Crippen molar-refractivity contribution in [2.24, 2.45) is 35.4 Å². The van der Waals surface area contributed by atoms with E-state index in [0.717, 1.165) is 29.1 Å². The molecule has 54 heavy (non-hydrogen) atoms. The lowest BCUT2D eigenvalue weighted by Crippen LogP contribution is -2.64. The first-order valence-electron chi connectivity index (χ1n) is 16.6. The fraction of sp³-hybridized carbons (Fsp3) is 0.394. The van der Waals surface area contributed by atoms with Gasteiger partial charge in [-0.1, -0.05) is 37.4 Å². The van der Waals surface area contributed by atoms with Gasteiger partial charge in [0.05, 0.1) is 63.4 Å². The number of aliphatic hydroxyl groups excluding tert-OH is 2. The average Bonchev–Trinajstić information content (AvgIpc) is 3.83. The molecule has 2 saturated heterocycles. The number of hydrogen-bond donors (Lipinski definition) is 2. The number of aromatic nitrogens is 4. The summed E-state index contributed by atoms with van der Waals surface area (Å²) in [6, 6.07) is 3.20. The molecule has 2 N–H and O–H groups in total. The number of aryl methyl sites for hydroxylation is 1. The lowest BCUT2D eigenvalue weighted by molar-refractivity contribution is -0.670. The topological polar surface area (TPSA) is 202 Å². The molecule has 15 nitrogen and oxygen atoms in total. The minimum absolute atomic E-state index is 0.0473. The fourth-order valence-corrected chi connectivity index (χ4v) is 12.2. The van der Waals surface area contributed by atoms with Crippen molar-refractivity contribution in [2.45, 2.75) is 60.7 Å². The van der Waals surface area contributed by atoms with Crippen LogP contribution in [0.3, 0.4) is 0 Å². The molecule has 0 unspecified atom stereocenters. The molecule has 4 aromatic heterocycles. The first kappa shape index (κ1) is 38.5. The second-order valence-electron chi connectivity index (χ2n) is 13.2. The highest BCUT2D eigenvalue weighted by Gasteiger charge is 2.61. The molecule has 2 radical (unpaired) electrons.